The molecule has 0 saturated carbocycles. The fraction of sp³-hybridized carbons (Fsp3) is 0.120. The van der Waals surface area contributed by atoms with Crippen LogP contribution in [0.25, 0.3) is 0 Å². The zero-order valence-electron chi connectivity index (χ0n) is 18.6. The molecule has 1 atom stereocenters. The van der Waals surface area contributed by atoms with Crippen molar-refractivity contribution in [2.75, 3.05) is 11.4 Å². The van der Waals surface area contributed by atoms with Crippen LogP contribution in [0.4, 0.5) is 10.1 Å². The second-order valence-electron chi connectivity index (χ2n) is 7.69. The quantitative estimate of drug-likeness (QED) is 0.437. The Kier molecular flexibility index (Phi) is 6.47. The van der Waals surface area contributed by atoms with Crippen LogP contribution in [-0.2, 0) is 17.1 Å². The van der Waals surface area contributed by atoms with Crippen LogP contribution in [0, 0.1) is 5.82 Å². The van der Waals surface area contributed by atoms with E-state index < -0.39 is 22.0 Å². The van der Waals surface area contributed by atoms with Gasteiger partial charge in [-0.3, -0.25) is 9.10 Å². The predicted octanol–water partition coefficient (Wildman–Crippen LogP) is 3.90. The first-order valence-corrected chi connectivity index (χ1v) is 11.9. The summed E-state index contributed by atoms with van der Waals surface area (Å²) in [5, 5.41) is 2.91. The molecule has 0 unspecified atom stereocenters. The second kappa shape index (κ2) is 9.48. The van der Waals surface area contributed by atoms with Crippen LogP contribution in [0.3, 0.4) is 0 Å². The Morgan fingerprint density at radius 1 is 1.00 bits per heavy atom. The van der Waals surface area contributed by atoms with Crippen molar-refractivity contribution >= 4 is 21.6 Å². The minimum Gasteiger partial charge on any atom is -0.338 e. The highest BCUT2D eigenvalue weighted by Gasteiger charge is 2.24. The number of nitrogens with zero attached hydrogens (tertiary/aromatic N) is 3. The molecule has 3 aromatic carbocycles. The zero-order chi connectivity index (χ0) is 24.3. The van der Waals surface area contributed by atoms with Crippen molar-refractivity contribution in [2.45, 2.75) is 10.9 Å². The minimum atomic E-state index is -3.79. The number of sulfonamides is 1. The van der Waals surface area contributed by atoms with Gasteiger partial charge in [0.05, 0.1) is 10.6 Å². The molecule has 34 heavy (non-hydrogen) atoms. The average molecular weight is 479 g/mol. The van der Waals surface area contributed by atoms with Crippen LogP contribution in [0.1, 0.15) is 27.8 Å². The van der Waals surface area contributed by atoms with E-state index in [2.05, 4.69) is 10.3 Å². The van der Waals surface area contributed by atoms with Gasteiger partial charge in [-0.1, -0.05) is 30.3 Å². The highest BCUT2D eigenvalue weighted by atomic mass is 32.2. The van der Waals surface area contributed by atoms with Crippen LogP contribution in [0.15, 0.2) is 96.2 Å². The number of hydrogen-bond donors (Lipinski definition) is 1. The van der Waals surface area contributed by atoms with E-state index in [0.717, 1.165) is 0 Å². The van der Waals surface area contributed by atoms with Crippen LogP contribution in [-0.4, -0.2) is 30.9 Å². The first kappa shape index (κ1) is 23.2. The highest BCUT2D eigenvalue weighted by Crippen LogP contribution is 2.24. The number of aryl methyl sites for hydroxylation is 1. The Balaban J connectivity index is 1.58. The van der Waals surface area contributed by atoms with Gasteiger partial charge in [-0.05, 0) is 54.1 Å². The van der Waals surface area contributed by atoms with Crippen LogP contribution >= 0.6 is 0 Å². The lowest BCUT2D eigenvalue weighted by atomic mass is 10.1. The summed E-state index contributed by atoms with van der Waals surface area (Å²) in [7, 11) is -0.516. The van der Waals surface area contributed by atoms with Crippen LogP contribution in [0.5, 0.6) is 0 Å². The number of para-hydroxylation sites is 1. The fourth-order valence-corrected chi connectivity index (χ4v) is 4.73. The van der Waals surface area contributed by atoms with Crippen molar-refractivity contribution in [1.82, 2.24) is 14.9 Å². The lowest BCUT2D eigenvalue weighted by Gasteiger charge is -2.20. The molecule has 1 aromatic heterocycles. The molecule has 7 nitrogen and oxygen atoms in total. The molecule has 1 heterocycles. The number of anilines is 1. The molecule has 0 aliphatic heterocycles. The van der Waals surface area contributed by atoms with Gasteiger partial charge in [-0.25, -0.2) is 17.8 Å². The Labute approximate surface area is 197 Å². The van der Waals surface area contributed by atoms with E-state index in [1.54, 1.807) is 60.4 Å². The van der Waals surface area contributed by atoms with Gasteiger partial charge >= 0.3 is 0 Å². The monoisotopic (exact) mass is 478 g/mol. The third kappa shape index (κ3) is 4.69. The van der Waals surface area contributed by atoms with Crippen molar-refractivity contribution in [2.24, 2.45) is 7.05 Å². The molecule has 0 spiro atoms. The summed E-state index contributed by atoms with van der Waals surface area (Å²) >= 11 is 0. The van der Waals surface area contributed by atoms with E-state index in [0.29, 0.717) is 17.1 Å². The molecule has 0 bridgehead atoms. The molecule has 0 radical (unpaired) electrons. The molecule has 4 aromatic rings. The molecule has 9 heteroatoms. The number of carbonyl (C=O) groups is 1. The largest absolute Gasteiger partial charge is 0.338 e. The van der Waals surface area contributed by atoms with E-state index in [-0.39, 0.29) is 16.3 Å². The first-order valence-electron chi connectivity index (χ1n) is 10.4. The van der Waals surface area contributed by atoms with Gasteiger partial charge in [-0.15, -0.1) is 0 Å². The molecule has 0 fully saturated rings. The Hall–Kier alpha value is -3.98. The van der Waals surface area contributed by atoms with Crippen molar-refractivity contribution in [1.29, 1.82) is 0 Å². The normalized spacial score (nSPS) is 12.2. The molecule has 174 valence electrons. The van der Waals surface area contributed by atoms with E-state index >= 15 is 0 Å². The molecular formula is C25H23FN4O3S. The molecule has 1 amide bonds. The van der Waals surface area contributed by atoms with E-state index in [1.165, 1.54) is 47.8 Å². The van der Waals surface area contributed by atoms with Crippen molar-refractivity contribution in [3.8, 4) is 0 Å². The number of aromatic nitrogens is 2. The molecule has 0 aliphatic carbocycles. The topological polar surface area (TPSA) is 84.3 Å². The maximum atomic E-state index is 13.4. The van der Waals surface area contributed by atoms with Crippen LogP contribution < -0.4 is 9.62 Å². The van der Waals surface area contributed by atoms with Gasteiger partial charge in [0.2, 0.25) is 0 Å². The van der Waals surface area contributed by atoms with Gasteiger partial charge in [0.25, 0.3) is 15.9 Å². The maximum Gasteiger partial charge on any atom is 0.264 e. The zero-order valence-corrected chi connectivity index (χ0v) is 19.4. The summed E-state index contributed by atoms with van der Waals surface area (Å²) in [6.07, 6.45) is 3.36. The summed E-state index contributed by atoms with van der Waals surface area (Å²) < 4.78 is 42.4. The summed E-state index contributed by atoms with van der Waals surface area (Å²) in [5.41, 5.74) is 1.47. The number of rotatable bonds is 7. The van der Waals surface area contributed by atoms with E-state index in [9.17, 15) is 17.6 Å². The summed E-state index contributed by atoms with van der Waals surface area (Å²) in [6, 6.07) is 19.6. The summed E-state index contributed by atoms with van der Waals surface area (Å²) in [4.78, 5) is 17.4. The number of imidazole rings is 1. The third-order valence-corrected chi connectivity index (χ3v) is 7.29. The van der Waals surface area contributed by atoms with E-state index in [4.69, 9.17) is 0 Å². The lowest BCUT2D eigenvalue weighted by molar-refractivity contribution is 0.0941. The van der Waals surface area contributed by atoms with Gasteiger partial charge < -0.3 is 9.88 Å². The minimum absolute atomic E-state index is 0.0644. The first-order chi connectivity index (χ1) is 16.3. The van der Waals surface area contributed by atoms with Crippen molar-refractivity contribution < 1.29 is 17.6 Å². The molecule has 4 rings (SSSR count). The molecule has 0 saturated heterocycles. The van der Waals surface area contributed by atoms with Crippen LogP contribution in [0.2, 0.25) is 0 Å². The Morgan fingerprint density at radius 2 is 1.65 bits per heavy atom. The molecule has 0 aliphatic rings. The van der Waals surface area contributed by atoms with Crippen molar-refractivity contribution in [3.05, 3.63) is 114 Å². The predicted molar refractivity (Wildman–Crippen MR) is 127 cm³/mol. The van der Waals surface area contributed by atoms with Gasteiger partial charge in [0.15, 0.2) is 0 Å². The third-order valence-electron chi connectivity index (χ3n) is 5.49. The fourth-order valence-electron chi connectivity index (χ4n) is 3.54. The van der Waals surface area contributed by atoms with Gasteiger partial charge in [0.1, 0.15) is 17.7 Å². The number of benzene rings is 3. The van der Waals surface area contributed by atoms with E-state index in [1.807, 2.05) is 6.07 Å². The standard InChI is InChI=1S/C25H23FN4O3S/c1-29-17-16-27-24(29)23(18-8-12-20(26)13-9-18)28-25(31)19-10-14-22(15-11-19)34(32,33)30(2)21-6-4-3-5-7-21/h3-17,23H,1-2H3,(H,28,31)/t23-/m0/s1. The van der Waals surface area contributed by atoms with Crippen molar-refractivity contribution in [3.63, 3.8) is 0 Å². The second-order valence-corrected chi connectivity index (χ2v) is 9.66. The molecular weight excluding hydrogens is 455 g/mol. The Bertz CT molecular complexity index is 1390. The average Bonchev–Trinajstić information content (AvgIpc) is 3.28. The van der Waals surface area contributed by atoms with Gasteiger partial charge in [-0.2, -0.15) is 0 Å². The van der Waals surface area contributed by atoms with Gasteiger partial charge in [0, 0.05) is 32.1 Å². The number of halogens is 1. The summed E-state index contributed by atoms with van der Waals surface area (Å²) in [6.45, 7) is 0. The number of nitrogens with one attached hydrogen (secondary N) is 1. The molecule has 1 N–H and O–H groups in total. The Morgan fingerprint density at radius 3 is 2.24 bits per heavy atom. The SMILES string of the molecule is CN(c1ccccc1)S(=O)(=O)c1ccc(C(=O)N[C@@H](c2ccc(F)cc2)c2nccn2C)cc1. The number of amides is 1. The summed E-state index contributed by atoms with van der Waals surface area (Å²) in [5.74, 6) is -0.229. The highest BCUT2D eigenvalue weighted by molar-refractivity contribution is 7.92. The number of carbonyl (C=O) groups excluding carboxylic acids is 1. The number of hydrogen-bond acceptors (Lipinski definition) is 4. The smallest absolute Gasteiger partial charge is 0.264 e. The lowest BCUT2D eigenvalue weighted by Crippen LogP contribution is -2.31. The maximum absolute atomic E-state index is 13.4.